The summed E-state index contributed by atoms with van der Waals surface area (Å²) >= 11 is 6.47. The molecule has 44 heavy (non-hydrogen) atoms. The molecular formula is C32H41ClN2O9. The molecule has 0 aromatic heterocycles. The van der Waals surface area contributed by atoms with Crippen LogP contribution in [0.3, 0.4) is 0 Å². The molecule has 3 atom stereocenters. The van der Waals surface area contributed by atoms with Crippen LogP contribution in [0.25, 0.3) is 0 Å². The number of ether oxygens (including phenoxy) is 4. The molecule has 2 aromatic rings. The summed E-state index contributed by atoms with van der Waals surface area (Å²) in [6.07, 6.45) is -2.51. The summed E-state index contributed by atoms with van der Waals surface area (Å²) in [7, 11) is 2.98. The fraction of sp³-hybridized carbons (Fsp3) is 0.500. The molecule has 1 aliphatic rings. The van der Waals surface area contributed by atoms with E-state index in [4.69, 9.17) is 30.5 Å². The van der Waals surface area contributed by atoms with Gasteiger partial charge in [-0.15, -0.1) is 0 Å². The van der Waals surface area contributed by atoms with Crippen molar-refractivity contribution in [2.45, 2.75) is 65.7 Å². The van der Waals surface area contributed by atoms with Crippen molar-refractivity contribution in [1.82, 2.24) is 5.32 Å². The number of carbonyl (C=O) groups is 4. The number of rotatable bonds is 13. The molecule has 0 aliphatic carbocycles. The molecule has 0 saturated heterocycles. The molecule has 3 rings (SSSR count). The van der Waals surface area contributed by atoms with Gasteiger partial charge in [-0.05, 0) is 36.6 Å². The van der Waals surface area contributed by atoms with Gasteiger partial charge in [0.2, 0.25) is 5.91 Å². The number of anilines is 1. The minimum Gasteiger partial charge on any atom is -0.493 e. The lowest BCUT2D eigenvalue weighted by Gasteiger charge is -2.33. The molecule has 0 saturated carbocycles. The molecule has 2 aromatic carbocycles. The summed E-state index contributed by atoms with van der Waals surface area (Å²) in [4.78, 5) is 52.5. The number of fused-ring (bicyclic) bond motifs is 1. The van der Waals surface area contributed by atoms with Gasteiger partial charge in [0.05, 0.1) is 27.2 Å². The predicted octanol–water partition coefficient (Wildman–Crippen LogP) is 4.77. The Morgan fingerprint density at radius 1 is 1.11 bits per heavy atom. The van der Waals surface area contributed by atoms with Gasteiger partial charge in [0.1, 0.15) is 18.2 Å². The average Bonchev–Trinajstić information content (AvgIpc) is 3.05. The van der Waals surface area contributed by atoms with E-state index in [2.05, 4.69) is 5.32 Å². The first-order valence-electron chi connectivity index (χ1n) is 14.3. The summed E-state index contributed by atoms with van der Waals surface area (Å²) in [5.74, 6) is -2.01. The van der Waals surface area contributed by atoms with Crippen molar-refractivity contribution in [1.29, 1.82) is 0 Å². The molecule has 0 radical (unpaired) electrons. The monoisotopic (exact) mass is 632 g/mol. The van der Waals surface area contributed by atoms with Gasteiger partial charge in [-0.3, -0.25) is 14.4 Å². The largest absolute Gasteiger partial charge is 0.493 e. The second kappa shape index (κ2) is 14.8. The van der Waals surface area contributed by atoms with Gasteiger partial charge in [-0.2, -0.15) is 0 Å². The minimum atomic E-state index is -1.33. The third-order valence-electron chi connectivity index (χ3n) is 7.08. The molecule has 2 amide bonds. The Balaban J connectivity index is 2.15. The van der Waals surface area contributed by atoms with Crippen LogP contribution in [0.15, 0.2) is 36.4 Å². The van der Waals surface area contributed by atoms with Crippen molar-refractivity contribution >= 4 is 41.0 Å². The van der Waals surface area contributed by atoms with E-state index in [1.807, 2.05) is 27.7 Å². The highest BCUT2D eigenvalue weighted by atomic mass is 35.5. The zero-order valence-corrected chi connectivity index (χ0v) is 26.9. The molecule has 12 heteroatoms. The first-order valence-corrected chi connectivity index (χ1v) is 14.7. The Morgan fingerprint density at radius 2 is 1.82 bits per heavy atom. The van der Waals surface area contributed by atoms with Gasteiger partial charge in [-0.1, -0.05) is 51.4 Å². The van der Waals surface area contributed by atoms with Crippen molar-refractivity contribution in [2.24, 2.45) is 11.3 Å². The zero-order valence-electron chi connectivity index (χ0n) is 26.1. The van der Waals surface area contributed by atoms with Crippen molar-refractivity contribution in [3.05, 3.63) is 52.5 Å². The summed E-state index contributed by atoms with van der Waals surface area (Å²) in [6.45, 7) is 8.83. The Morgan fingerprint density at radius 3 is 2.41 bits per heavy atom. The fourth-order valence-electron chi connectivity index (χ4n) is 5.11. The fourth-order valence-corrected chi connectivity index (χ4v) is 5.29. The SMILES string of the molecule is COc1cccc([C@H]2O[C@H](CC(=O)N[C@@H](CC(C)C)C(=O)O)C(=O)N(CC(C)(C)COC(C)=O)c3ccc(Cl)cc32)c1OC. The van der Waals surface area contributed by atoms with Crippen molar-refractivity contribution < 1.29 is 43.2 Å². The molecule has 0 unspecified atom stereocenters. The summed E-state index contributed by atoms with van der Waals surface area (Å²) in [5.41, 5.74) is 0.838. The Kier molecular flexibility index (Phi) is 11.6. The van der Waals surface area contributed by atoms with Gasteiger partial charge < -0.3 is 34.3 Å². The quantitative estimate of drug-likeness (QED) is 0.299. The van der Waals surface area contributed by atoms with E-state index in [1.165, 1.54) is 26.0 Å². The number of hydrogen-bond acceptors (Lipinski definition) is 8. The van der Waals surface area contributed by atoms with Crippen LogP contribution in [0.2, 0.25) is 5.02 Å². The standard InChI is InChI=1S/C32H41ClN2O9/c1-18(2)13-23(31(39)40)34-27(37)15-26-30(38)35(16-32(4,5)17-43-19(3)36)24-12-11-20(33)14-22(24)28(44-26)21-9-8-10-25(41-6)29(21)42-7/h8-12,14,18,23,26,28H,13,15-17H2,1-7H3,(H,34,37)(H,39,40)/t23-,26+,28+/m0/s1. The molecule has 240 valence electrons. The molecule has 1 aliphatic heterocycles. The minimum absolute atomic E-state index is 0.00580. The van der Waals surface area contributed by atoms with E-state index >= 15 is 0 Å². The molecule has 0 spiro atoms. The van der Waals surface area contributed by atoms with E-state index in [0.717, 1.165) is 0 Å². The van der Waals surface area contributed by atoms with Crippen LogP contribution in [-0.2, 0) is 28.7 Å². The van der Waals surface area contributed by atoms with Gasteiger partial charge in [-0.25, -0.2) is 4.79 Å². The number of aliphatic carboxylic acids is 1. The summed E-state index contributed by atoms with van der Waals surface area (Å²) < 4.78 is 23.0. The van der Waals surface area contributed by atoms with Crippen LogP contribution in [0, 0.1) is 11.3 Å². The van der Waals surface area contributed by atoms with Crippen LogP contribution in [0.1, 0.15) is 64.7 Å². The number of nitrogens with zero attached hydrogens (tertiary/aromatic N) is 1. The Hall–Kier alpha value is -3.83. The molecule has 11 nitrogen and oxygen atoms in total. The van der Waals surface area contributed by atoms with Crippen molar-refractivity contribution in [3.63, 3.8) is 0 Å². The van der Waals surface area contributed by atoms with Gasteiger partial charge >= 0.3 is 11.9 Å². The zero-order chi connectivity index (χ0) is 32.8. The Bertz CT molecular complexity index is 1380. The first kappa shape index (κ1) is 34.7. The maximum Gasteiger partial charge on any atom is 0.326 e. The van der Waals surface area contributed by atoms with Crippen molar-refractivity contribution in [3.8, 4) is 11.5 Å². The number of esters is 1. The number of hydrogen-bond donors (Lipinski definition) is 2. The number of amides is 2. The van der Waals surface area contributed by atoms with Crippen LogP contribution < -0.4 is 19.7 Å². The van der Waals surface area contributed by atoms with Gasteiger partial charge in [0.25, 0.3) is 5.91 Å². The second-order valence-corrected chi connectivity index (χ2v) is 12.4. The van der Waals surface area contributed by atoms with Gasteiger partial charge in [0.15, 0.2) is 11.5 Å². The van der Waals surface area contributed by atoms with Crippen LogP contribution in [0.5, 0.6) is 11.5 Å². The van der Waals surface area contributed by atoms with Crippen LogP contribution in [0.4, 0.5) is 5.69 Å². The predicted molar refractivity (Wildman–Crippen MR) is 164 cm³/mol. The average molecular weight is 633 g/mol. The highest BCUT2D eigenvalue weighted by Crippen LogP contribution is 2.45. The lowest BCUT2D eigenvalue weighted by molar-refractivity contribution is -0.144. The van der Waals surface area contributed by atoms with Crippen LogP contribution in [-0.4, -0.2) is 68.4 Å². The molecule has 0 fully saturated rings. The van der Waals surface area contributed by atoms with E-state index in [1.54, 1.807) is 36.4 Å². The van der Waals surface area contributed by atoms with Crippen molar-refractivity contribution in [2.75, 3.05) is 32.3 Å². The highest BCUT2D eigenvalue weighted by Gasteiger charge is 2.41. The van der Waals surface area contributed by atoms with Gasteiger partial charge in [0, 0.05) is 40.7 Å². The topological polar surface area (TPSA) is 141 Å². The van der Waals surface area contributed by atoms with E-state index < -0.39 is 53.8 Å². The van der Waals surface area contributed by atoms with E-state index in [-0.39, 0.29) is 25.5 Å². The summed E-state index contributed by atoms with van der Waals surface area (Å²) in [6, 6.07) is 9.14. The molecule has 2 N–H and O–H groups in total. The lowest BCUT2D eigenvalue weighted by atomic mass is 9.92. The molecule has 0 bridgehead atoms. The van der Waals surface area contributed by atoms with Crippen LogP contribution >= 0.6 is 11.6 Å². The number of methoxy groups -OCH3 is 2. The number of carboxylic acid groups (broad SMARTS) is 1. The first-order chi connectivity index (χ1) is 20.7. The molecule has 1 heterocycles. The molecular weight excluding hydrogens is 592 g/mol. The number of para-hydroxylation sites is 1. The number of benzene rings is 2. The third kappa shape index (κ3) is 8.63. The smallest absolute Gasteiger partial charge is 0.326 e. The number of carbonyl (C=O) groups excluding carboxylic acids is 3. The van der Waals surface area contributed by atoms with E-state index in [0.29, 0.717) is 33.3 Å². The highest BCUT2D eigenvalue weighted by molar-refractivity contribution is 6.30. The normalized spacial score (nSPS) is 17.4. The Labute approximate surface area is 262 Å². The number of halogens is 1. The lowest BCUT2D eigenvalue weighted by Crippen LogP contribution is -2.48. The maximum absolute atomic E-state index is 14.3. The van der Waals surface area contributed by atoms with E-state index in [9.17, 15) is 24.3 Å². The number of carboxylic acids is 1. The number of nitrogens with one attached hydrogen (secondary N) is 1. The third-order valence-corrected chi connectivity index (χ3v) is 7.32. The summed E-state index contributed by atoms with van der Waals surface area (Å²) in [5, 5.41) is 12.6. The maximum atomic E-state index is 14.3. The second-order valence-electron chi connectivity index (χ2n) is 12.0.